The van der Waals surface area contributed by atoms with Gasteiger partial charge in [0, 0.05) is 19.0 Å². The van der Waals surface area contributed by atoms with Gasteiger partial charge in [-0.15, -0.1) is 0 Å². The molecule has 0 aliphatic rings. The Hall–Kier alpha value is -0.590. The predicted molar refractivity (Wildman–Crippen MR) is 72.7 cm³/mol. The zero-order chi connectivity index (χ0) is 12.7. The van der Waals surface area contributed by atoms with Gasteiger partial charge in [0.25, 0.3) is 0 Å². The van der Waals surface area contributed by atoms with Crippen LogP contribution in [0.1, 0.15) is 26.1 Å². The predicted octanol–water partition coefficient (Wildman–Crippen LogP) is 1.06. The minimum absolute atomic E-state index is 0.276. The van der Waals surface area contributed by atoms with Crippen LogP contribution < -0.4 is 11.3 Å². The Morgan fingerprint density at radius 2 is 2.29 bits per heavy atom. The normalized spacial score (nSPS) is 13.2. The van der Waals surface area contributed by atoms with Gasteiger partial charge >= 0.3 is 0 Å². The lowest BCUT2D eigenvalue weighted by Gasteiger charge is -2.15. The molecule has 0 saturated carbocycles. The number of hydrogen-bond donors (Lipinski definition) is 2. The molecular weight excluding hydrogens is 234 g/mol. The largest absolute Gasteiger partial charge is 0.271 e. The molecule has 1 rings (SSSR count). The smallest absolute Gasteiger partial charge is 0.138 e. The highest BCUT2D eigenvalue weighted by atomic mass is 32.2. The Morgan fingerprint density at radius 3 is 2.88 bits per heavy atom. The topological polar surface area (TPSA) is 68.8 Å². The highest BCUT2D eigenvalue weighted by Gasteiger charge is 2.12. The third-order valence-corrected chi connectivity index (χ3v) is 3.21. The van der Waals surface area contributed by atoms with Crippen molar-refractivity contribution in [1.82, 2.24) is 20.2 Å². The van der Waals surface area contributed by atoms with E-state index in [1.807, 2.05) is 16.4 Å². The summed E-state index contributed by atoms with van der Waals surface area (Å²) in [5.41, 5.74) is 2.86. The van der Waals surface area contributed by atoms with Crippen LogP contribution in [0.25, 0.3) is 0 Å². The zero-order valence-corrected chi connectivity index (χ0v) is 11.7. The second kappa shape index (κ2) is 7.68. The van der Waals surface area contributed by atoms with Gasteiger partial charge in [-0.1, -0.05) is 13.8 Å². The summed E-state index contributed by atoms with van der Waals surface area (Å²) in [6, 6.07) is 0.276. The van der Waals surface area contributed by atoms with Crippen LogP contribution in [0.15, 0.2) is 6.33 Å². The van der Waals surface area contributed by atoms with Crippen molar-refractivity contribution in [2.75, 3.05) is 12.0 Å². The van der Waals surface area contributed by atoms with Gasteiger partial charge in [-0.05, 0) is 24.3 Å². The molecule has 0 saturated heterocycles. The molecule has 1 aromatic heterocycles. The summed E-state index contributed by atoms with van der Waals surface area (Å²) in [6.45, 7) is 5.27. The van der Waals surface area contributed by atoms with Crippen LogP contribution in [-0.4, -0.2) is 32.8 Å². The molecule has 17 heavy (non-hydrogen) atoms. The molecule has 1 unspecified atom stereocenters. The van der Waals surface area contributed by atoms with Crippen molar-refractivity contribution < 1.29 is 0 Å². The fourth-order valence-electron chi connectivity index (χ4n) is 1.67. The van der Waals surface area contributed by atoms with E-state index in [1.165, 1.54) is 0 Å². The number of nitrogens with one attached hydrogen (secondary N) is 1. The zero-order valence-electron chi connectivity index (χ0n) is 10.9. The highest BCUT2D eigenvalue weighted by Crippen LogP contribution is 2.07. The Balaban J connectivity index is 2.56. The molecule has 1 atom stereocenters. The van der Waals surface area contributed by atoms with E-state index >= 15 is 0 Å². The van der Waals surface area contributed by atoms with Gasteiger partial charge in [-0.2, -0.15) is 16.9 Å². The quantitative estimate of drug-likeness (QED) is 0.538. The molecule has 3 N–H and O–H groups in total. The lowest BCUT2D eigenvalue weighted by molar-refractivity contribution is 0.439. The van der Waals surface area contributed by atoms with Crippen molar-refractivity contribution in [1.29, 1.82) is 0 Å². The van der Waals surface area contributed by atoms with Crippen LogP contribution >= 0.6 is 11.8 Å². The van der Waals surface area contributed by atoms with E-state index in [-0.39, 0.29) is 6.04 Å². The van der Waals surface area contributed by atoms with E-state index in [9.17, 15) is 0 Å². The number of thioether (sulfide) groups is 1. The summed E-state index contributed by atoms with van der Waals surface area (Å²) in [6.07, 6.45) is 5.62. The van der Waals surface area contributed by atoms with E-state index in [4.69, 9.17) is 5.84 Å². The molecule has 0 spiro atoms. The van der Waals surface area contributed by atoms with Crippen molar-refractivity contribution in [3.05, 3.63) is 12.2 Å². The first-order valence-corrected chi connectivity index (χ1v) is 7.38. The van der Waals surface area contributed by atoms with Crippen LogP contribution in [0.4, 0.5) is 0 Å². The summed E-state index contributed by atoms with van der Waals surface area (Å²) < 4.78 is 1.98. The van der Waals surface area contributed by atoms with Gasteiger partial charge in [-0.25, -0.2) is 9.67 Å². The molecule has 5 nitrogen and oxygen atoms in total. The van der Waals surface area contributed by atoms with Crippen molar-refractivity contribution in [2.24, 2.45) is 11.8 Å². The van der Waals surface area contributed by atoms with Gasteiger partial charge in [0.15, 0.2) is 0 Å². The summed E-state index contributed by atoms with van der Waals surface area (Å²) in [7, 11) is 0. The average molecular weight is 257 g/mol. The molecule has 0 amide bonds. The van der Waals surface area contributed by atoms with Crippen molar-refractivity contribution in [3.63, 3.8) is 0 Å². The summed E-state index contributed by atoms with van der Waals surface area (Å²) in [5, 5.41) is 4.26. The monoisotopic (exact) mass is 257 g/mol. The number of hydrogen-bond acceptors (Lipinski definition) is 5. The molecular formula is C11H23N5S. The first kappa shape index (κ1) is 14.5. The molecule has 0 radical (unpaired) electrons. The summed E-state index contributed by atoms with van der Waals surface area (Å²) in [5.74, 6) is 8.26. The van der Waals surface area contributed by atoms with E-state index in [0.29, 0.717) is 5.92 Å². The number of nitrogens with two attached hydrogens (primary N) is 1. The molecule has 0 aromatic carbocycles. The third-order valence-electron chi connectivity index (χ3n) is 2.57. The molecule has 0 fully saturated rings. The Kier molecular flexibility index (Phi) is 6.54. The minimum Gasteiger partial charge on any atom is -0.271 e. The number of hydrazine groups is 1. The lowest BCUT2D eigenvalue weighted by Crippen LogP contribution is -2.38. The van der Waals surface area contributed by atoms with Crippen LogP contribution in [0, 0.1) is 5.92 Å². The minimum atomic E-state index is 0.276. The lowest BCUT2D eigenvalue weighted by atomic mass is 10.1. The molecule has 6 heteroatoms. The van der Waals surface area contributed by atoms with Crippen LogP contribution in [-0.2, 0) is 13.0 Å². The van der Waals surface area contributed by atoms with Crippen LogP contribution in [0.2, 0.25) is 0 Å². The first-order valence-electron chi connectivity index (χ1n) is 5.99. The fraction of sp³-hybridized carbons (Fsp3) is 0.818. The molecule has 98 valence electrons. The van der Waals surface area contributed by atoms with Gasteiger partial charge in [-0.3, -0.25) is 11.3 Å². The highest BCUT2D eigenvalue weighted by molar-refractivity contribution is 7.98. The van der Waals surface area contributed by atoms with Gasteiger partial charge in [0.2, 0.25) is 0 Å². The molecule has 0 aliphatic carbocycles. The van der Waals surface area contributed by atoms with Gasteiger partial charge < -0.3 is 0 Å². The first-order chi connectivity index (χ1) is 8.17. The summed E-state index contributed by atoms with van der Waals surface area (Å²) >= 11 is 1.83. The Bertz CT molecular complexity index is 313. The maximum absolute atomic E-state index is 5.56. The second-order valence-corrected chi connectivity index (χ2v) is 5.59. The number of rotatable bonds is 8. The van der Waals surface area contributed by atoms with Crippen LogP contribution in [0.5, 0.6) is 0 Å². The van der Waals surface area contributed by atoms with Gasteiger partial charge in [0.05, 0.1) is 0 Å². The third kappa shape index (κ3) is 5.06. The molecule has 1 aromatic rings. The Morgan fingerprint density at radius 1 is 1.53 bits per heavy atom. The van der Waals surface area contributed by atoms with E-state index in [1.54, 1.807) is 6.33 Å². The van der Waals surface area contributed by atoms with Gasteiger partial charge in [0.1, 0.15) is 12.2 Å². The maximum atomic E-state index is 5.56. The second-order valence-electron chi connectivity index (χ2n) is 4.60. The summed E-state index contributed by atoms with van der Waals surface area (Å²) in [4.78, 5) is 4.31. The van der Waals surface area contributed by atoms with E-state index in [2.05, 4.69) is 35.6 Å². The molecule has 0 bridgehead atoms. The SMILES string of the molecule is CSCCC(Cc1ncnn1CC(C)C)NN. The number of nitrogens with zero attached hydrogens (tertiary/aromatic N) is 3. The van der Waals surface area contributed by atoms with Crippen molar-refractivity contribution in [2.45, 2.75) is 39.3 Å². The van der Waals surface area contributed by atoms with Crippen molar-refractivity contribution >= 4 is 11.8 Å². The average Bonchev–Trinajstić information content (AvgIpc) is 2.70. The Labute approximate surface area is 108 Å². The van der Waals surface area contributed by atoms with Crippen molar-refractivity contribution in [3.8, 4) is 0 Å². The maximum Gasteiger partial charge on any atom is 0.138 e. The van der Waals surface area contributed by atoms with E-state index in [0.717, 1.165) is 31.0 Å². The van der Waals surface area contributed by atoms with E-state index < -0.39 is 0 Å². The fourth-order valence-corrected chi connectivity index (χ4v) is 2.19. The standard InChI is InChI=1S/C11H23N5S/c1-9(2)7-16-11(13-8-14-16)6-10(15-12)4-5-17-3/h8-10,15H,4-7,12H2,1-3H3. The molecule has 1 heterocycles. The van der Waals surface area contributed by atoms with Crippen LogP contribution in [0.3, 0.4) is 0 Å². The molecule has 0 aliphatic heterocycles. The number of aromatic nitrogens is 3.